The average Bonchev–Trinajstić information content (AvgIpc) is 3.68. The van der Waals surface area contributed by atoms with E-state index in [1.165, 1.54) is 9.80 Å². The first-order chi connectivity index (χ1) is 21.1. The molecule has 1 aromatic carbocycles. The smallest absolute Gasteiger partial charge is 0.328 e. The molecule has 13 nitrogen and oxygen atoms in total. The van der Waals surface area contributed by atoms with Crippen LogP contribution in [0.5, 0.6) is 0 Å². The van der Waals surface area contributed by atoms with Crippen LogP contribution in [0.1, 0.15) is 57.9 Å². The molecular weight excluding hydrogens is 570 g/mol. The second-order valence-corrected chi connectivity index (χ2v) is 12.3. The molecule has 0 radical (unpaired) electrons. The first-order valence-electron chi connectivity index (χ1n) is 15.6. The SMILES string of the molecule is C[C@@H]1C[C@H]2C(=O)OC[C@H](NC(O)OCc3ccccc3)C(=O)N3CCC[C@H]3C(=O)N3CCCC[C@H]3C(=O)N[C@@H](C)C(=O)N2C1. The molecule has 44 heavy (non-hydrogen) atoms. The van der Waals surface area contributed by atoms with Gasteiger partial charge in [0.15, 0.2) is 0 Å². The Bertz CT molecular complexity index is 1230. The molecule has 1 unspecified atom stereocenters. The number of cyclic esters (lactones) is 1. The van der Waals surface area contributed by atoms with Crippen molar-refractivity contribution in [1.82, 2.24) is 25.3 Å². The maximum atomic E-state index is 14.0. The largest absolute Gasteiger partial charge is 0.462 e. The summed E-state index contributed by atoms with van der Waals surface area (Å²) in [4.78, 5) is 72.6. The van der Waals surface area contributed by atoms with Gasteiger partial charge in [0, 0.05) is 19.6 Å². The average molecular weight is 614 g/mol. The molecule has 4 saturated heterocycles. The highest BCUT2D eigenvalue weighted by Crippen LogP contribution is 2.28. The van der Waals surface area contributed by atoms with Crippen LogP contribution >= 0.6 is 0 Å². The number of hydrogen-bond acceptors (Lipinski definition) is 9. The van der Waals surface area contributed by atoms with E-state index in [9.17, 15) is 29.1 Å². The van der Waals surface area contributed by atoms with Crippen molar-refractivity contribution in [2.45, 2.75) is 95.6 Å². The Kier molecular flexibility index (Phi) is 10.2. The molecule has 4 aliphatic rings. The maximum absolute atomic E-state index is 14.0. The van der Waals surface area contributed by atoms with Gasteiger partial charge in [0.05, 0.1) is 6.61 Å². The standard InChI is InChI=1S/C31H43N5O8/c1-19-15-25-30(41)43-18-22(33-31(42)44-17-21-9-4-3-5-10-21)28(39)35-14-8-12-24(35)29(40)34-13-7-6-11-23(34)26(37)32-20(2)27(38)36(25)16-19/h3-5,9-10,19-20,22-25,31,33,42H,6-8,11-18H2,1-2H3,(H,32,37)/t19-,20+,22+,23+,24+,25+,31?/m1/s1. The Balaban J connectivity index is 1.42. The molecule has 0 bridgehead atoms. The van der Waals surface area contributed by atoms with Gasteiger partial charge < -0.3 is 34.6 Å². The lowest BCUT2D eigenvalue weighted by atomic mass is 9.99. The third kappa shape index (κ3) is 7.05. The van der Waals surface area contributed by atoms with Gasteiger partial charge in [0.2, 0.25) is 30.0 Å². The summed E-state index contributed by atoms with van der Waals surface area (Å²) in [6, 6.07) is 4.59. The molecule has 13 heteroatoms. The Morgan fingerprint density at radius 2 is 1.61 bits per heavy atom. The van der Waals surface area contributed by atoms with Crippen molar-refractivity contribution in [2.75, 3.05) is 26.2 Å². The zero-order valence-electron chi connectivity index (χ0n) is 25.4. The number of rotatable bonds is 5. The lowest BCUT2D eigenvalue weighted by molar-refractivity contribution is -0.164. The summed E-state index contributed by atoms with van der Waals surface area (Å²) in [6.07, 6.45) is 1.71. The third-order valence-electron chi connectivity index (χ3n) is 8.99. The highest BCUT2D eigenvalue weighted by molar-refractivity contribution is 5.96. The van der Waals surface area contributed by atoms with E-state index in [4.69, 9.17) is 9.47 Å². The van der Waals surface area contributed by atoms with E-state index >= 15 is 0 Å². The fourth-order valence-electron chi connectivity index (χ4n) is 6.70. The molecule has 0 aromatic heterocycles. The number of aliphatic hydroxyl groups is 1. The minimum absolute atomic E-state index is 0.0158. The van der Waals surface area contributed by atoms with Gasteiger partial charge in [-0.3, -0.25) is 24.5 Å². The first-order valence-corrected chi connectivity index (χ1v) is 15.6. The highest BCUT2D eigenvalue weighted by atomic mass is 16.6. The molecule has 0 aliphatic carbocycles. The van der Waals surface area contributed by atoms with Crippen molar-refractivity contribution in [3.63, 3.8) is 0 Å². The number of nitrogens with one attached hydrogen (secondary N) is 2. The summed E-state index contributed by atoms with van der Waals surface area (Å²) < 4.78 is 11.2. The number of hydrogen-bond donors (Lipinski definition) is 3. The number of piperidine rings is 1. The van der Waals surface area contributed by atoms with Gasteiger partial charge >= 0.3 is 5.97 Å². The molecule has 240 valence electrons. The second-order valence-electron chi connectivity index (χ2n) is 12.3. The maximum Gasteiger partial charge on any atom is 0.328 e. The number of aliphatic hydroxyl groups excluding tert-OH is 1. The molecule has 5 rings (SSSR count). The Hall–Kier alpha value is -3.55. The van der Waals surface area contributed by atoms with Gasteiger partial charge in [0.25, 0.3) is 0 Å². The van der Waals surface area contributed by atoms with Crippen LogP contribution in [0.15, 0.2) is 30.3 Å². The van der Waals surface area contributed by atoms with Crippen molar-refractivity contribution < 1.29 is 38.6 Å². The minimum atomic E-state index is -1.58. The zero-order valence-corrected chi connectivity index (χ0v) is 25.4. The van der Waals surface area contributed by atoms with Crippen molar-refractivity contribution in [2.24, 2.45) is 5.92 Å². The Morgan fingerprint density at radius 1 is 0.909 bits per heavy atom. The highest BCUT2D eigenvalue weighted by Gasteiger charge is 2.45. The second kappa shape index (κ2) is 14.0. The molecule has 4 heterocycles. The molecule has 1 aromatic rings. The number of fused-ring (bicyclic) bond motifs is 3. The topological polar surface area (TPSA) is 158 Å². The monoisotopic (exact) mass is 613 g/mol. The van der Waals surface area contributed by atoms with Crippen molar-refractivity contribution >= 4 is 29.6 Å². The molecule has 3 N–H and O–H groups in total. The normalized spacial score (nSPS) is 31.2. The number of nitrogens with zero attached hydrogens (tertiary/aromatic N) is 3. The predicted octanol–water partition coefficient (Wildman–Crippen LogP) is 0.108. The van der Waals surface area contributed by atoms with Gasteiger partial charge in [-0.25, -0.2) is 4.79 Å². The summed E-state index contributed by atoms with van der Waals surface area (Å²) >= 11 is 0. The van der Waals surface area contributed by atoms with Gasteiger partial charge in [-0.2, -0.15) is 0 Å². The van der Waals surface area contributed by atoms with E-state index in [-0.39, 0.29) is 18.4 Å². The van der Waals surface area contributed by atoms with E-state index in [2.05, 4.69) is 10.6 Å². The molecule has 0 saturated carbocycles. The summed E-state index contributed by atoms with van der Waals surface area (Å²) in [6.45, 7) is 4.11. The summed E-state index contributed by atoms with van der Waals surface area (Å²) in [5.41, 5.74) is 0.809. The van der Waals surface area contributed by atoms with Crippen LogP contribution in [0, 0.1) is 5.92 Å². The van der Waals surface area contributed by atoms with Crippen LogP contribution in [-0.4, -0.2) is 112 Å². The lowest BCUT2D eigenvalue weighted by Gasteiger charge is -2.39. The summed E-state index contributed by atoms with van der Waals surface area (Å²) in [5, 5.41) is 16.2. The van der Waals surface area contributed by atoms with Gasteiger partial charge in [0.1, 0.15) is 36.8 Å². The van der Waals surface area contributed by atoms with Crippen LogP contribution in [-0.2, 0) is 40.1 Å². The van der Waals surface area contributed by atoms with Gasteiger partial charge in [-0.1, -0.05) is 37.3 Å². The molecule has 4 amide bonds. The van der Waals surface area contributed by atoms with E-state index in [0.29, 0.717) is 45.3 Å². The van der Waals surface area contributed by atoms with Crippen LogP contribution in [0.25, 0.3) is 0 Å². The van der Waals surface area contributed by atoms with Crippen molar-refractivity contribution in [3.05, 3.63) is 35.9 Å². The lowest BCUT2D eigenvalue weighted by Crippen LogP contribution is -2.61. The quantitative estimate of drug-likeness (QED) is 0.310. The van der Waals surface area contributed by atoms with E-state index in [0.717, 1.165) is 18.4 Å². The van der Waals surface area contributed by atoms with Gasteiger partial charge in [-0.05, 0) is 56.9 Å². The molecule has 0 spiro atoms. The van der Waals surface area contributed by atoms with Crippen molar-refractivity contribution in [3.8, 4) is 0 Å². The number of amides is 4. The number of benzene rings is 1. The van der Waals surface area contributed by atoms with E-state index in [1.807, 2.05) is 37.3 Å². The number of esters is 1. The number of ether oxygens (including phenoxy) is 2. The fourth-order valence-corrected chi connectivity index (χ4v) is 6.70. The Morgan fingerprint density at radius 3 is 2.39 bits per heavy atom. The minimum Gasteiger partial charge on any atom is -0.462 e. The summed E-state index contributed by atoms with van der Waals surface area (Å²) in [7, 11) is 0. The molecule has 4 aliphatic heterocycles. The zero-order chi connectivity index (χ0) is 31.4. The van der Waals surface area contributed by atoms with Crippen LogP contribution < -0.4 is 10.6 Å². The number of carbonyl (C=O) groups excluding carboxylic acids is 5. The van der Waals surface area contributed by atoms with E-state index < -0.39 is 66.9 Å². The number of carbonyl (C=O) groups is 5. The Labute approximate surface area is 257 Å². The van der Waals surface area contributed by atoms with Crippen LogP contribution in [0.4, 0.5) is 0 Å². The molecular formula is C31H43N5O8. The van der Waals surface area contributed by atoms with Crippen molar-refractivity contribution in [1.29, 1.82) is 0 Å². The molecule has 4 fully saturated rings. The predicted molar refractivity (Wildman–Crippen MR) is 156 cm³/mol. The molecule has 7 atom stereocenters. The van der Waals surface area contributed by atoms with Gasteiger partial charge in [-0.15, -0.1) is 0 Å². The van der Waals surface area contributed by atoms with Crippen LogP contribution in [0.2, 0.25) is 0 Å². The van der Waals surface area contributed by atoms with E-state index in [1.54, 1.807) is 11.8 Å². The third-order valence-corrected chi connectivity index (χ3v) is 8.99. The summed E-state index contributed by atoms with van der Waals surface area (Å²) in [5.74, 6) is -2.36. The fraction of sp³-hybridized carbons (Fsp3) is 0.645. The van der Waals surface area contributed by atoms with Crippen LogP contribution in [0.3, 0.4) is 0 Å². The first kappa shape index (κ1) is 31.9.